The number of hydrogen-bond acceptors (Lipinski definition) is 6. The van der Waals surface area contributed by atoms with Crippen LogP contribution < -0.4 is 15.5 Å². The molecule has 3 rings (SSSR count). The van der Waals surface area contributed by atoms with Gasteiger partial charge in [0, 0.05) is 32.7 Å². The third kappa shape index (κ3) is 6.80. The second-order valence-corrected chi connectivity index (χ2v) is 7.90. The van der Waals surface area contributed by atoms with Gasteiger partial charge < -0.3 is 19.9 Å². The quantitative estimate of drug-likeness (QED) is 0.591. The molecule has 0 atom stereocenters. The lowest BCUT2D eigenvalue weighted by Gasteiger charge is -2.35. The number of nitrogens with zero attached hydrogens (tertiary/aromatic N) is 4. The molecule has 0 spiro atoms. The van der Waals surface area contributed by atoms with Crippen molar-refractivity contribution in [1.29, 1.82) is 0 Å². The summed E-state index contributed by atoms with van der Waals surface area (Å²) in [6.45, 7) is 5.82. The number of carbonyl (C=O) groups excluding carboxylic acids is 2. The van der Waals surface area contributed by atoms with Crippen LogP contribution in [0.2, 0.25) is 0 Å². The van der Waals surface area contributed by atoms with Crippen molar-refractivity contribution in [1.82, 2.24) is 20.4 Å². The van der Waals surface area contributed by atoms with E-state index in [0.29, 0.717) is 32.1 Å². The topological polar surface area (TPSA) is 99.7 Å². The highest BCUT2D eigenvalue weighted by molar-refractivity contribution is 5.96. The van der Waals surface area contributed by atoms with Gasteiger partial charge >= 0.3 is 12.2 Å². The fourth-order valence-electron chi connectivity index (χ4n) is 3.41. The maximum atomic E-state index is 13.2. The molecule has 0 saturated carbocycles. The summed E-state index contributed by atoms with van der Waals surface area (Å²) in [6, 6.07) is 7.64. The summed E-state index contributed by atoms with van der Waals surface area (Å²) >= 11 is 0. The summed E-state index contributed by atoms with van der Waals surface area (Å²) < 4.78 is 45.1. The molecule has 9 nitrogen and oxygen atoms in total. The van der Waals surface area contributed by atoms with Crippen LogP contribution in [-0.2, 0) is 10.9 Å². The normalized spacial score (nSPS) is 14.3. The number of carbonyl (C=O) groups is 2. The van der Waals surface area contributed by atoms with E-state index in [1.165, 1.54) is 23.1 Å². The van der Waals surface area contributed by atoms with Crippen molar-refractivity contribution in [2.24, 2.45) is 0 Å². The van der Waals surface area contributed by atoms with Crippen molar-refractivity contribution < 1.29 is 27.5 Å². The Bertz CT molecular complexity index is 977. The number of nitrogens with one attached hydrogen (secondary N) is 2. The number of anilines is 2. The minimum atomic E-state index is -4.60. The summed E-state index contributed by atoms with van der Waals surface area (Å²) in [5.41, 5.74) is -1.29. The Balaban J connectivity index is 1.51. The monoisotopic (exact) mass is 480 g/mol. The van der Waals surface area contributed by atoms with Crippen LogP contribution in [-0.4, -0.2) is 72.5 Å². The Morgan fingerprint density at radius 3 is 2.38 bits per heavy atom. The Hall–Kier alpha value is -3.41. The van der Waals surface area contributed by atoms with E-state index >= 15 is 0 Å². The van der Waals surface area contributed by atoms with E-state index in [2.05, 4.69) is 20.8 Å². The lowest BCUT2D eigenvalue weighted by Crippen LogP contribution is -2.49. The van der Waals surface area contributed by atoms with Gasteiger partial charge in [-0.15, -0.1) is 10.2 Å². The van der Waals surface area contributed by atoms with E-state index in [9.17, 15) is 22.8 Å². The molecule has 1 saturated heterocycles. The minimum Gasteiger partial charge on any atom is -0.377 e. The summed E-state index contributed by atoms with van der Waals surface area (Å²) in [7, 11) is 0. The van der Waals surface area contributed by atoms with E-state index < -0.39 is 23.7 Å². The van der Waals surface area contributed by atoms with Gasteiger partial charge in [-0.25, -0.2) is 4.79 Å². The average molecular weight is 480 g/mol. The minimum absolute atomic E-state index is 0.0824. The van der Waals surface area contributed by atoms with E-state index in [4.69, 9.17) is 4.74 Å². The van der Waals surface area contributed by atoms with Crippen LogP contribution in [0, 0.1) is 0 Å². The van der Waals surface area contributed by atoms with E-state index in [1.807, 2.05) is 18.7 Å². The van der Waals surface area contributed by atoms with E-state index in [-0.39, 0.29) is 30.6 Å². The number of rotatable bonds is 7. The van der Waals surface area contributed by atoms with Gasteiger partial charge in [-0.3, -0.25) is 10.1 Å². The number of halogens is 3. The van der Waals surface area contributed by atoms with Crippen LogP contribution in [0.1, 0.15) is 29.8 Å². The SMILES string of the molecule is CC(C)OCCNC(=O)Nc1ccc(N2CCN(C(=O)c3ccccc3C(F)(F)F)CC2)nn1. The third-order valence-electron chi connectivity index (χ3n) is 5.08. The molecular formula is C22H27F3N6O3. The molecular weight excluding hydrogens is 453 g/mol. The van der Waals surface area contributed by atoms with Crippen LogP contribution >= 0.6 is 0 Å². The average Bonchev–Trinajstić information content (AvgIpc) is 2.81. The summed E-state index contributed by atoms with van der Waals surface area (Å²) in [5, 5.41) is 13.3. The second-order valence-electron chi connectivity index (χ2n) is 7.90. The molecule has 34 heavy (non-hydrogen) atoms. The van der Waals surface area contributed by atoms with Crippen LogP contribution in [0.15, 0.2) is 36.4 Å². The van der Waals surface area contributed by atoms with Crippen molar-refractivity contribution >= 4 is 23.6 Å². The Labute approximate surface area is 195 Å². The van der Waals surface area contributed by atoms with Crippen molar-refractivity contribution in [3.63, 3.8) is 0 Å². The molecule has 2 heterocycles. The fraction of sp³-hybridized carbons (Fsp3) is 0.455. The second kappa shape index (κ2) is 11.1. The van der Waals surface area contributed by atoms with Crippen molar-refractivity contribution in [3.8, 4) is 0 Å². The van der Waals surface area contributed by atoms with Gasteiger partial charge in [0.15, 0.2) is 11.6 Å². The van der Waals surface area contributed by atoms with Gasteiger partial charge in [-0.05, 0) is 38.1 Å². The van der Waals surface area contributed by atoms with Gasteiger partial charge in [0.25, 0.3) is 5.91 Å². The summed E-state index contributed by atoms with van der Waals surface area (Å²) in [6.07, 6.45) is -4.52. The van der Waals surface area contributed by atoms with Gasteiger partial charge in [0.2, 0.25) is 0 Å². The number of hydrogen-bond donors (Lipinski definition) is 2. The van der Waals surface area contributed by atoms with Crippen LogP contribution in [0.3, 0.4) is 0 Å². The van der Waals surface area contributed by atoms with Crippen molar-refractivity contribution in [2.75, 3.05) is 49.5 Å². The smallest absolute Gasteiger partial charge is 0.377 e. The first-order valence-corrected chi connectivity index (χ1v) is 10.9. The number of urea groups is 1. The molecule has 0 unspecified atom stereocenters. The molecule has 1 fully saturated rings. The van der Waals surface area contributed by atoms with E-state index in [1.54, 1.807) is 12.1 Å². The van der Waals surface area contributed by atoms with Gasteiger partial charge in [0.05, 0.1) is 23.8 Å². The summed E-state index contributed by atoms with van der Waals surface area (Å²) in [4.78, 5) is 27.9. The molecule has 12 heteroatoms. The highest BCUT2D eigenvalue weighted by Gasteiger charge is 2.36. The first-order chi connectivity index (χ1) is 16.1. The van der Waals surface area contributed by atoms with E-state index in [0.717, 1.165) is 6.07 Å². The molecule has 0 aliphatic carbocycles. The number of amides is 3. The molecule has 1 aliphatic heterocycles. The number of benzene rings is 1. The first kappa shape index (κ1) is 25.2. The third-order valence-corrected chi connectivity index (χ3v) is 5.08. The molecule has 1 aromatic heterocycles. The molecule has 0 radical (unpaired) electrons. The van der Waals surface area contributed by atoms with Crippen LogP contribution in [0.5, 0.6) is 0 Å². The summed E-state index contributed by atoms with van der Waals surface area (Å²) in [5.74, 6) is 0.158. The van der Waals surface area contributed by atoms with Crippen molar-refractivity contribution in [3.05, 3.63) is 47.5 Å². The van der Waals surface area contributed by atoms with Gasteiger partial charge in [-0.2, -0.15) is 13.2 Å². The van der Waals surface area contributed by atoms with Gasteiger partial charge in [0.1, 0.15) is 0 Å². The lowest BCUT2D eigenvalue weighted by atomic mass is 10.1. The zero-order chi connectivity index (χ0) is 24.7. The predicted octanol–water partition coefficient (Wildman–Crippen LogP) is 3.00. The molecule has 1 aliphatic rings. The predicted molar refractivity (Wildman–Crippen MR) is 120 cm³/mol. The highest BCUT2D eigenvalue weighted by Crippen LogP contribution is 2.32. The van der Waals surface area contributed by atoms with Crippen LogP contribution in [0.4, 0.5) is 29.6 Å². The number of aromatic nitrogens is 2. The molecule has 2 N–H and O–H groups in total. The van der Waals surface area contributed by atoms with Gasteiger partial charge in [-0.1, -0.05) is 12.1 Å². The number of piperazine rings is 1. The first-order valence-electron chi connectivity index (χ1n) is 10.9. The zero-order valence-corrected chi connectivity index (χ0v) is 18.9. The highest BCUT2D eigenvalue weighted by atomic mass is 19.4. The fourth-order valence-corrected chi connectivity index (χ4v) is 3.41. The standard InChI is InChI=1S/C22H27F3N6O3/c1-15(2)34-14-9-26-21(33)27-18-7-8-19(29-28-18)30-10-12-31(13-11-30)20(32)16-5-3-4-6-17(16)22(23,24)25/h3-8,15H,9-14H2,1-2H3,(H2,26,27,28,33). The molecule has 2 aromatic rings. The zero-order valence-electron chi connectivity index (χ0n) is 18.9. The largest absolute Gasteiger partial charge is 0.417 e. The van der Waals surface area contributed by atoms with Crippen LogP contribution in [0.25, 0.3) is 0 Å². The Morgan fingerprint density at radius 2 is 1.76 bits per heavy atom. The number of alkyl halides is 3. The van der Waals surface area contributed by atoms with Crippen molar-refractivity contribution in [2.45, 2.75) is 26.1 Å². The molecule has 184 valence electrons. The lowest BCUT2D eigenvalue weighted by molar-refractivity contribution is -0.138. The Morgan fingerprint density at radius 1 is 1.06 bits per heavy atom. The molecule has 0 bridgehead atoms. The number of ether oxygens (including phenoxy) is 1. The Kier molecular flexibility index (Phi) is 8.26. The molecule has 3 amide bonds. The maximum absolute atomic E-state index is 13.2. The maximum Gasteiger partial charge on any atom is 0.417 e. The molecule has 1 aromatic carbocycles.